The Kier molecular flexibility index (Phi) is 2.26. The first-order chi connectivity index (χ1) is 8.09. The molecule has 0 radical (unpaired) electrons. The van der Waals surface area contributed by atoms with E-state index >= 15 is 0 Å². The molecule has 0 spiro atoms. The normalized spacial score (nSPS) is 21.2. The SMILES string of the molecule is CN1Cc2ccc(C3(CC(=O)O)CC3)cc2C1. The molecule has 1 N–H and O–H groups in total. The van der Waals surface area contributed by atoms with E-state index in [2.05, 4.69) is 30.1 Å². The van der Waals surface area contributed by atoms with E-state index in [-0.39, 0.29) is 11.8 Å². The molecule has 90 valence electrons. The molecule has 0 unspecified atom stereocenters. The van der Waals surface area contributed by atoms with E-state index in [0.717, 1.165) is 25.9 Å². The van der Waals surface area contributed by atoms with E-state index in [9.17, 15) is 4.79 Å². The number of carbonyl (C=O) groups is 1. The molecule has 1 aliphatic carbocycles. The van der Waals surface area contributed by atoms with Crippen molar-refractivity contribution in [3.63, 3.8) is 0 Å². The summed E-state index contributed by atoms with van der Waals surface area (Å²) in [6, 6.07) is 6.54. The first kappa shape index (κ1) is 10.8. The van der Waals surface area contributed by atoms with Crippen LogP contribution in [0.15, 0.2) is 18.2 Å². The Morgan fingerprint density at radius 1 is 1.35 bits per heavy atom. The van der Waals surface area contributed by atoms with Gasteiger partial charge in [-0.1, -0.05) is 18.2 Å². The minimum atomic E-state index is -0.680. The lowest BCUT2D eigenvalue weighted by atomic mass is 9.90. The van der Waals surface area contributed by atoms with Crippen LogP contribution in [0.4, 0.5) is 0 Å². The average molecular weight is 231 g/mol. The van der Waals surface area contributed by atoms with Gasteiger partial charge in [0.15, 0.2) is 0 Å². The molecule has 1 aromatic carbocycles. The highest BCUT2D eigenvalue weighted by Gasteiger charge is 2.46. The van der Waals surface area contributed by atoms with Crippen LogP contribution < -0.4 is 0 Å². The van der Waals surface area contributed by atoms with Crippen molar-refractivity contribution < 1.29 is 9.90 Å². The molecular weight excluding hydrogens is 214 g/mol. The summed E-state index contributed by atoms with van der Waals surface area (Å²) in [6.07, 6.45) is 2.32. The molecular formula is C14H17NO2. The zero-order valence-corrected chi connectivity index (χ0v) is 10.1. The van der Waals surface area contributed by atoms with E-state index in [1.165, 1.54) is 16.7 Å². The quantitative estimate of drug-likeness (QED) is 0.866. The Morgan fingerprint density at radius 3 is 2.71 bits per heavy atom. The van der Waals surface area contributed by atoms with Gasteiger partial charge in [0.05, 0.1) is 6.42 Å². The lowest BCUT2D eigenvalue weighted by Crippen LogP contribution is -2.13. The maximum atomic E-state index is 10.9. The summed E-state index contributed by atoms with van der Waals surface area (Å²) >= 11 is 0. The van der Waals surface area contributed by atoms with Crippen LogP contribution in [0.1, 0.15) is 36.0 Å². The number of carboxylic acid groups (broad SMARTS) is 1. The Morgan fingerprint density at radius 2 is 2.06 bits per heavy atom. The Bertz CT molecular complexity index is 477. The second-order valence-corrected chi connectivity index (χ2v) is 5.51. The summed E-state index contributed by atoms with van der Waals surface area (Å²) in [4.78, 5) is 13.2. The fourth-order valence-corrected chi connectivity index (χ4v) is 2.90. The van der Waals surface area contributed by atoms with Crippen molar-refractivity contribution in [2.45, 2.75) is 37.8 Å². The van der Waals surface area contributed by atoms with Gasteiger partial charge in [-0.05, 0) is 36.6 Å². The van der Waals surface area contributed by atoms with Gasteiger partial charge in [-0.15, -0.1) is 0 Å². The summed E-state index contributed by atoms with van der Waals surface area (Å²) in [5.41, 5.74) is 3.94. The molecule has 0 saturated heterocycles. The van der Waals surface area contributed by atoms with Crippen LogP contribution >= 0.6 is 0 Å². The van der Waals surface area contributed by atoms with Gasteiger partial charge >= 0.3 is 5.97 Å². The van der Waals surface area contributed by atoms with E-state index in [1.54, 1.807) is 0 Å². The molecule has 1 saturated carbocycles. The van der Waals surface area contributed by atoms with Crippen molar-refractivity contribution in [2.75, 3.05) is 7.05 Å². The second kappa shape index (κ2) is 3.57. The zero-order chi connectivity index (χ0) is 12.0. The van der Waals surface area contributed by atoms with Crippen LogP contribution in [-0.2, 0) is 23.3 Å². The lowest BCUT2D eigenvalue weighted by Gasteiger charge is -2.14. The van der Waals surface area contributed by atoms with Crippen LogP contribution in [0.5, 0.6) is 0 Å². The number of rotatable bonds is 3. The highest BCUT2D eigenvalue weighted by Crippen LogP contribution is 2.51. The van der Waals surface area contributed by atoms with Crippen molar-refractivity contribution in [3.05, 3.63) is 34.9 Å². The van der Waals surface area contributed by atoms with E-state index < -0.39 is 5.97 Å². The van der Waals surface area contributed by atoms with E-state index in [4.69, 9.17) is 5.11 Å². The molecule has 2 aliphatic rings. The first-order valence-electron chi connectivity index (χ1n) is 6.12. The molecule has 3 heteroatoms. The first-order valence-corrected chi connectivity index (χ1v) is 6.12. The minimum Gasteiger partial charge on any atom is -0.481 e. The molecule has 1 aromatic rings. The predicted molar refractivity (Wildman–Crippen MR) is 64.8 cm³/mol. The molecule has 0 atom stereocenters. The van der Waals surface area contributed by atoms with Crippen molar-refractivity contribution in [3.8, 4) is 0 Å². The monoisotopic (exact) mass is 231 g/mol. The summed E-state index contributed by atoms with van der Waals surface area (Å²) in [5, 5.41) is 8.98. The molecule has 1 heterocycles. The molecule has 3 rings (SSSR count). The standard InChI is InChI=1S/C14H17NO2/c1-15-8-10-2-3-12(6-11(10)9-15)14(4-5-14)7-13(16)17/h2-3,6H,4-5,7-9H2,1H3,(H,16,17). The Labute approximate surface area is 101 Å². The number of fused-ring (bicyclic) bond motifs is 1. The molecule has 17 heavy (non-hydrogen) atoms. The van der Waals surface area contributed by atoms with Gasteiger partial charge in [0.1, 0.15) is 0 Å². The summed E-state index contributed by atoms with van der Waals surface area (Å²) in [5.74, 6) is -0.680. The van der Waals surface area contributed by atoms with Crippen LogP contribution in [0, 0.1) is 0 Å². The fraction of sp³-hybridized carbons (Fsp3) is 0.500. The smallest absolute Gasteiger partial charge is 0.304 e. The van der Waals surface area contributed by atoms with Crippen molar-refractivity contribution in [1.82, 2.24) is 4.90 Å². The fourth-order valence-electron chi connectivity index (χ4n) is 2.90. The largest absolute Gasteiger partial charge is 0.481 e. The summed E-state index contributed by atoms with van der Waals surface area (Å²) in [6.45, 7) is 2.01. The number of nitrogens with zero attached hydrogens (tertiary/aromatic N) is 1. The van der Waals surface area contributed by atoms with Gasteiger partial charge in [-0.25, -0.2) is 0 Å². The van der Waals surface area contributed by atoms with Crippen molar-refractivity contribution >= 4 is 5.97 Å². The predicted octanol–water partition coefficient (Wildman–Crippen LogP) is 2.14. The Hall–Kier alpha value is -1.35. The number of aliphatic carboxylic acids is 1. The third-order valence-corrected chi connectivity index (χ3v) is 4.04. The number of benzene rings is 1. The Balaban J connectivity index is 1.90. The molecule has 0 amide bonds. The number of hydrogen-bond donors (Lipinski definition) is 1. The maximum Gasteiger partial charge on any atom is 0.304 e. The lowest BCUT2D eigenvalue weighted by molar-refractivity contribution is -0.137. The van der Waals surface area contributed by atoms with Crippen LogP contribution in [0.2, 0.25) is 0 Å². The molecule has 0 bridgehead atoms. The number of carboxylic acids is 1. The summed E-state index contributed by atoms with van der Waals surface area (Å²) in [7, 11) is 2.11. The molecule has 1 aliphatic heterocycles. The zero-order valence-electron chi connectivity index (χ0n) is 10.1. The van der Waals surface area contributed by atoms with Gasteiger partial charge in [-0.2, -0.15) is 0 Å². The van der Waals surface area contributed by atoms with Crippen LogP contribution in [0.25, 0.3) is 0 Å². The third-order valence-electron chi connectivity index (χ3n) is 4.04. The van der Waals surface area contributed by atoms with Gasteiger partial charge < -0.3 is 5.11 Å². The topological polar surface area (TPSA) is 40.5 Å². The van der Waals surface area contributed by atoms with Crippen molar-refractivity contribution in [2.24, 2.45) is 0 Å². The van der Waals surface area contributed by atoms with Crippen LogP contribution in [-0.4, -0.2) is 23.0 Å². The molecule has 1 fully saturated rings. The van der Waals surface area contributed by atoms with Gasteiger partial charge in [0, 0.05) is 18.5 Å². The summed E-state index contributed by atoms with van der Waals surface area (Å²) < 4.78 is 0. The van der Waals surface area contributed by atoms with Gasteiger partial charge in [0.25, 0.3) is 0 Å². The van der Waals surface area contributed by atoms with Crippen LogP contribution in [0.3, 0.4) is 0 Å². The highest BCUT2D eigenvalue weighted by molar-refractivity contribution is 5.70. The highest BCUT2D eigenvalue weighted by atomic mass is 16.4. The number of hydrogen-bond acceptors (Lipinski definition) is 2. The minimum absolute atomic E-state index is 0.0535. The van der Waals surface area contributed by atoms with Gasteiger partial charge in [-0.3, -0.25) is 9.69 Å². The maximum absolute atomic E-state index is 10.9. The van der Waals surface area contributed by atoms with E-state index in [0.29, 0.717) is 0 Å². The van der Waals surface area contributed by atoms with Crippen molar-refractivity contribution in [1.29, 1.82) is 0 Å². The molecule has 3 nitrogen and oxygen atoms in total. The average Bonchev–Trinajstić information content (AvgIpc) is 2.91. The second-order valence-electron chi connectivity index (χ2n) is 5.51. The third kappa shape index (κ3) is 1.84. The molecule has 0 aromatic heterocycles. The van der Waals surface area contributed by atoms with E-state index in [1.807, 2.05) is 0 Å². The van der Waals surface area contributed by atoms with Gasteiger partial charge in [0.2, 0.25) is 0 Å².